The van der Waals surface area contributed by atoms with Crippen molar-refractivity contribution in [3.05, 3.63) is 112 Å². The van der Waals surface area contributed by atoms with Crippen LogP contribution >= 0.6 is 0 Å². The van der Waals surface area contributed by atoms with E-state index in [2.05, 4.69) is 95.3 Å². The first kappa shape index (κ1) is 20.0. The number of benzene rings is 3. The Morgan fingerprint density at radius 1 is 0.686 bits per heavy atom. The second-order valence-electron chi connectivity index (χ2n) is 10.8. The minimum absolute atomic E-state index is 0.267. The van der Waals surface area contributed by atoms with Gasteiger partial charge in [-0.3, -0.25) is 0 Å². The summed E-state index contributed by atoms with van der Waals surface area (Å²) in [5.74, 6) is 1.46. The van der Waals surface area contributed by atoms with Crippen LogP contribution in [0, 0.1) is 25.6 Å². The third-order valence-electron chi connectivity index (χ3n) is 7.76. The fourth-order valence-electron chi connectivity index (χ4n) is 6.16. The zero-order valence-electron chi connectivity index (χ0n) is 24.8. The molecule has 1 heteroatoms. The van der Waals surface area contributed by atoms with Crippen LogP contribution in [0.4, 0.5) is 0 Å². The number of hydrogen-bond acceptors (Lipinski definition) is 0. The van der Waals surface area contributed by atoms with Gasteiger partial charge in [-0.15, -0.1) is 0 Å². The normalized spacial score (nSPS) is 18.6. The summed E-state index contributed by atoms with van der Waals surface area (Å²) in [5, 5.41) is 0. The van der Waals surface area contributed by atoms with Crippen molar-refractivity contribution < 1.29 is 8.68 Å². The highest BCUT2D eigenvalue weighted by Gasteiger charge is 2.35. The van der Waals surface area contributed by atoms with Crippen molar-refractivity contribution in [3.63, 3.8) is 0 Å². The number of aromatic nitrogens is 1. The fraction of sp³-hybridized carbons (Fsp3) is 0.324. The minimum atomic E-state index is -2.22. The van der Waals surface area contributed by atoms with E-state index >= 15 is 0 Å². The highest BCUT2D eigenvalue weighted by atomic mass is 14.9. The smallest absolute Gasteiger partial charge is 0.201 e. The summed E-state index contributed by atoms with van der Waals surface area (Å²) in [6.45, 7) is 9.06. The third-order valence-corrected chi connectivity index (χ3v) is 7.76. The van der Waals surface area contributed by atoms with Crippen molar-refractivity contribution in [2.45, 2.75) is 53.3 Å². The van der Waals surface area contributed by atoms with Gasteiger partial charge < -0.3 is 0 Å². The number of aryl methyl sites for hydroxylation is 3. The van der Waals surface area contributed by atoms with Crippen molar-refractivity contribution in [1.29, 1.82) is 0 Å². The topological polar surface area (TPSA) is 3.88 Å². The first-order chi connectivity index (χ1) is 18.0. The molecule has 2 atom stereocenters. The molecule has 0 saturated carbocycles. The van der Waals surface area contributed by atoms with Crippen LogP contribution in [0.1, 0.15) is 77.0 Å². The van der Waals surface area contributed by atoms with Crippen LogP contribution in [0.25, 0.3) is 22.4 Å². The van der Waals surface area contributed by atoms with Crippen LogP contribution in [0.2, 0.25) is 0 Å². The zero-order valence-corrected chi connectivity index (χ0v) is 21.8. The molecular weight excluding hydrogens is 422 g/mol. The summed E-state index contributed by atoms with van der Waals surface area (Å²) in [5.41, 5.74) is 11.0. The zero-order chi connectivity index (χ0) is 27.4. The molecule has 0 fully saturated rings. The second kappa shape index (κ2) is 9.11. The van der Waals surface area contributed by atoms with Gasteiger partial charge in [0.15, 0.2) is 6.20 Å². The minimum Gasteiger partial charge on any atom is -0.201 e. The van der Waals surface area contributed by atoms with Crippen LogP contribution in [0.5, 0.6) is 0 Å². The van der Waals surface area contributed by atoms with E-state index in [4.69, 9.17) is 4.11 Å². The van der Waals surface area contributed by atoms with Crippen LogP contribution < -0.4 is 4.57 Å². The Labute approximate surface area is 215 Å². The lowest BCUT2D eigenvalue weighted by molar-refractivity contribution is -0.660. The average Bonchev–Trinajstić information content (AvgIpc) is 2.86. The molecule has 0 N–H and O–H groups in total. The predicted octanol–water partition coefficient (Wildman–Crippen LogP) is 8.35. The molecule has 1 heterocycles. The summed E-state index contributed by atoms with van der Waals surface area (Å²) in [6.07, 6.45) is 1.80. The van der Waals surface area contributed by atoms with E-state index in [1.807, 2.05) is 23.7 Å². The molecule has 2 unspecified atom stereocenters. The van der Waals surface area contributed by atoms with Gasteiger partial charge in [-0.05, 0) is 70.6 Å². The SMILES string of the molecule is [2H]C([2H])([2H])c1c[n+](C)c(-c2ccccc2C)cc1-c1ccc2c(c1)C(C(C)C)c1ccccc1C2C(C)C. The maximum Gasteiger partial charge on any atom is 0.213 e. The van der Waals surface area contributed by atoms with E-state index in [-0.39, 0.29) is 5.92 Å². The van der Waals surface area contributed by atoms with Gasteiger partial charge in [0.05, 0.1) is 0 Å². The van der Waals surface area contributed by atoms with E-state index in [9.17, 15) is 0 Å². The molecule has 0 aliphatic heterocycles. The molecule has 0 bridgehead atoms. The highest BCUT2D eigenvalue weighted by Crippen LogP contribution is 2.49. The van der Waals surface area contributed by atoms with Crippen molar-refractivity contribution in [2.24, 2.45) is 18.9 Å². The van der Waals surface area contributed by atoms with Gasteiger partial charge in [0.25, 0.3) is 0 Å². The van der Waals surface area contributed by atoms with E-state index in [1.165, 1.54) is 22.3 Å². The molecule has 0 radical (unpaired) electrons. The predicted molar refractivity (Wildman–Crippen MR) is 148 cm³/mol. The van der Waals surface area contributed by atoms with Gasteiger partial charge in [0.1, 0.15) is 7.05 Å². The molecule has 1 aromatic heterocycles. The standard InChI is InChI=1S/C34H38N/c1-21(2)33-27-14-10-11-15-28(27)34(22(3)4)31-18-25(16-17-29(31)33)30-19-32(35(7)20-24(30)6)26-13-9-8-12-23(26)5/h8-22,33-34H,1-7H3/q+1/i6D3. The maximum absolute atomic E-state index is 8.38. The Morgan fingerprint density at radius 2 is 1.29 bits per heavy atom. The molecule has 178 valence electrons. The lowest BCUT2D eigenvalue weighted by Crippen LogP contribution is -2.31. The van der Waals surface area contributed by atoms with E-state index in [0.717, 1.165) is 27.9 Å². The molecule has 0 spiro atoms. The van der Waals surface area contributed by atoms with Gasteiger partial charge in [-0.25, -0.2) is 4.57 Å². The molecule has 1 aliphatic rings. The molecule has 0 saturated heterocycles. The summed E-state index contributed by atoms with van der Waals surface area (Å²) in [7, 11) is 1.94. The van der Waals surface area contributed by atoms with Crippen molar-refractivity contribution in [1.82, 2.24) is 0 Å². The molecule has 1 aliphatic carbocycles. The Hall–Kier alpha value is -3.19. The lowest BCUT2D eigenvalue weighted by atomic mass is 9.66. The van der Waals surface area contributed by atoms with Gasteiger partial charge in [0, 0.05) is 33.1 Å². The largest absolute Gasteiger partial charge is 0.213 e. The number of nitrogens with zero attached hydrogens (tertiary/aromatic N) is 1. The van der Waals surface area contributed by atoms with Crippen LogP contribution in [0.3, 0.4) is 0 Å². The lowest BCUT2D eigenvalue weighted by Gasteiger charge is -2.38. The van der Waals surface area contributed by atoms with Gasteiger partial charge in [0.2, 0.25) is 5.69 Å². The number of rotatable bonds is 4. The van der Waals surface area contributed by atoms with Crippen LogP contribution in [-0.4, -0.2) is 0 Å². The number of fused-ring (bicyclic) bond motifs is 2. The highest BCUT2D eigenvalue weighted by molar-refractivity contribution is 5.74. The quantitative estimate of drug-likeness (QED) is 0.268. The van der Waals surface area contributed by atoms with E-state index < -0.39 is 6.85 Å². The first-order valence-corrected chi connectivity index (χ1v) is 12.8. The molecule has 3 aromatic carbocycles. The Kier molecular flexibility index (Phi) is 5.22. The monoisotopic (exact) mass is 463 g/mol. The molecular formula is C34H38N+. The van der Waals surface area contributed by atoms with Gasteiger partial charge in [-0.1, -0.05) is 88.4 Å². The Balaban J connectivity index is 1.77. The average molecular weight is 464 g/mol. The Morgan fingerprint density at radius 3 is 1.91 bits per heavy atom. The maximum atomic E-state index is 8.38. The van der Waals surface area contributed by atoms with E-state index in [1.54, 1.807) is 6.20 Å². The second-order valence-corrected chi connectivity index (χ2v) is 10.8. The molecule has 5 rings (SSSR count). The van der Waals surface area contributed by atoms with Gasteiger partial charge >= 0.3 is 0 Å². The number of hydrogen-bond donors (Lipinski definition) is 0. The summed E-state index contributed by atoms with van der Waals surface area (Å²) in [4.78, 5) is 0. The number of pyridine rings is 1. The first-order valence-electron chi connectivity index (χ1n) is 14.3. The summed E-state index contributed by atoms with van der Waals surface area (Å²) >= 11 is 0. The Bertz CT molecular complexity index is 1500. The molecule has 4 aromatic rings. The van der Waals surface area contributed by atoms with Crippen molar-refractivity contribution >= 4 is 0 Å². The van der Waals surface area contributed by atoms with Crippen LogP contribution in [0.15, 0.2) is 79.0 Å². The summed E-state index contributed by atoms with van der Waals surface area (Å²) < 4.78 is 27.1. The van der Waals surface area contributed by atoms with Crippen molar-refractivity contribution in [2.75, 3.05) is 0 Å². The van der Waals surface area contributed by atoms with E-state index in [0.29, 0.717) is 23.3 Å². The third kappa shape index (κ3) is 4.01. The van der Waals surface area contributed by atoms with Crippen LogP contribution in [-0.2, 0) is 7.05 Å². The molecule has 35 heavy (non-hydrogen) atoms. The van der Waals surface area contributed by atoms with Gasteiger partial charge in [-0.2, -0.15) is 0 Å². The fourth-order valence-corrected chi connectivity index (χ4v) is 6.16. The molecule has 1 nitrogen and oxygen atoms in total. The molecule has 0 amide bonds. The van der Waals surface area contributed by atoms with Crippen molar-refractivity contribution in [3.8, 4) is 22.4 Å². The summed E-state index contributed by atoms with van der Waals surface area (Å²) in [6, 6.07) is 26.0.